The molecule has 0 heterocycles. The van der Waals surface area contributed by atoms with Gasteiger partial charge in [0, 0.05) is 16.3 Å². The van der Waals surface area contributed by atoms with Gasteiger partial charge < -0.3 is 10.1 Å². The average Bonchev–Trinajstić information content (AvgIpc) is 2.69. The molecule has 3 rings (SSSR count). The van der Waals surface area contributed by atoms with Crippen molar-refractivity contribution in [3.05, 3.63) is 89.4 Å². The van der Waals surface area contributed by atoms with Crippen LogP contribution in [0.4, 0.5) is 5.69 Å². The molecule has 0 aliphatic carbocycles. The first kappa shape index (κ1) is 18.9. The predicted molar refractivity (Wildman–Crippen MR) is 108 cm³/mol. The van der Waals surface area contributed by atoms with E-state index in [1.165, 1.54) is 12.1 Å². The molecule has 0 amide bonds. The summed E-state index contributed by atoms with van der Waals surface area (Å²) in [5.41, 5.74) is 1.27. The van der Waals surface area contributed by atoms with Gasteiger partial charge >= 0.3 is 0 Å². The molecule has 3 aromatic carbocycles. The standard InChI is InChI=1S/C20H17ClN2O3S/c1-26-18-13-11-17(12-14-18)22-20(15-7-9-16(21)10-8-15)23-27(24,25)19-5-3-2-4-6-19/h2-14H,1H3,(H,22,23). The molecule has 0 saturated heterocycles. The maximum Gasteiger partial charge on any atom is 0.284 e. The molecule has 3 aromatic rings. The Bertz CT molecular complexity index is 1030. The summed E-state index contributed by atoms with van der Waals surface area (Å²) in [5, 5.41) is 3.61. The van der Waals surface area contributed by atoms with E-state index in [-0.39, 0.29) is 10.7 Å². The molecule has 7 heteroatoms. The van der Waals surface area contributed by atoms with Crippen LogP contribution in [0.15, 0.2) is 88.2 Å². The molecule has 0 spiro atoms. The van der Waals surface area contributed by atoms with E-state index in [0.29, 0.717) is 22.0 Å². The van der Waals surface area contributed by atoms with Crippen molar-refractivity contribution in [1.29, 1.82) is 0 Å². The lowest BCUT2D eigenvalue weighted by molar-refractivity contribution is 0.415. The van der Waals surface area contributed by atoms with Gasteiger partial charge in [0.2, 0.25) is 0 Å². The number of rotatable bonds is 5. The number of methoxy groups -OCH3 is 1. The minimum Gasteiger partial charge on any atom is -0.497 e. The zero-order valence-corrected chi connectivity index (χ0v) is 16.0. The van der Waals surface area contributed by atoms with E-state index < -0.39 is 10.0 Å². The largest absolute Gasteiger partial charge is 0.497 e. The van der Waals surface area contributed by atoms with Crippen LogP contribution in [0, 0.1) is 0 Å². The molecule has 0 unspecified atom stereocenters. The number of benzene rings is 3. The third-order valence-electron chi connectivity index (χ3n) is 3.72. The fraction of sp³-hybridized carbons (Fsp3) is 0.0500. The number of amidine groups is 1. The number of halogens is 1. The van der Waals surface area contributed by atoms with E-state index in [4.69, 9.17) is 16.3 Å². The second-order valence-corrected chi connectivity index (χ2v) is 7.63. The molecule has 1 N–H and O–H groups in total. The van der Waals surface area contributed by atoms with Crippen LogP contribution < -0.4 is 10.1 Å². The number of hydrogen-bond acceptors (Lipinski definition) is 3. The van der Waals surface area contributed by atoms with Gasteiger partial charge in [-0.15, -0.1) is 4.40 Å². The van der Waals surface area contributed by atoms with Gasteiger partial charge in [-0.2, -0.15) is 8.42 Å². The van der Waals surface area contributed by atoms with Crippen LogP contribution in [0.25, 0.3) is 0 Å². The Morgan fingerprint density at radius 2 is 1.56 bits per heavy atom. The van der Waals surface area contributed by atoms with Crippen molar-refractivity contribution < 1.29 is 13.2 Å². The number of anilines is 1. The average molecular weight is 401 g/mol. The third-order valence-corrected chi connectivity index (χ3v) is 5.27. The zero-order chi connectivity index (χ0) is 19.3. The van der Waals surface area contributed by atoms with Crippen LogP contribution in [0.2, 0.25) is 5.02 Å². The van der Waals surface area contributed by atoms with Gasteiger partial charge in [0.15, 0.2) is 5.84 Å². The molecule has 5 nitrogen and oxygen atoms in total. The van der Waals surface area contributed by atoms with Gasteiger partial charge in [0.1, 0.15) is 5.75 Å². The molecular weight excluding hydrogens is 384 g/mol. The maximum atomic E-state index is 12.7. The summed E-state index contributed by atoms with van der Waals surface area (Å²) < 4.78 is 34.6. The van der Waals surface area contributed by atoms with Crippen molar-refractivity contribution in [2.75, 3.05) is 12.4 Å². The van der Waals surface area contributed by atoms with E-state index in [9.17, 15) is 8.42 Å². The summed E-state index contributed by atoms with van der Waals surface area (Å²) in [4.78, 5) is 0.119. The highest BCUT2D eigenvalue weighted by atomic mass is 35.5. The second kappa shape index (κ2) is 8.24. The Labute approximate surface area is 163 Å². The molecule has 0 bridgehead atoms. The molecule has 138 valence electrons. The van der Waals surface area contributed by atoms with Crippen molar-refractivity contribution in [3.8, 4) is 5.75 Å². The molecular formula is C20H17ClN2O3S. The fourth-order valence-electron chi connectivity index (χ4n) is 2.33. The number of nitrogens with one attached hydrogen (secondary N) is 1. The normalized spacial score (nSPS) is 11.9. The van der Waals surface area contributed by atoms with E-state index in [1.807, 2.05) is 0 Å². The summed E-state index contributed by atoms with van der Waals surface area (Å²) in [5.74, 6) is 0.892. The Hall–Kier alpha value is -2.83. The zero-order valence-electron chi connectivity index (χ0n) is 14.5. The first-order valence-corrected chi connectivity index (χ1v) is 9.87. The minimum atomic E-state index is -3.88. The molecule has 0 saturated carbocycles. The van der Waals surface area contributed by atoms with Crippen molar-refractivity contribution in [2.24, 2.45) is 4.40 Å². The Balaban J connectivity index is 2.02. The lowest BCUT2D eigenvalue weighted by Crippen LogP contribution is -2.16. The SMILES string of the molecule is COc1ccc(N/C(=N\S(=O)(=O)c2ccccc2)c2ccc(Cl)cc2)cc1. The van der Waals surface area contributed by atoms with E-state index in [0.717, 1.165) is 0 Å². The van der Waals surface area contributed by atoms with Gasteiger partial charge in [-0.25, -0.2) is 0 Å². The van der Waals surface area contributed by atoms with Gasteiger partial charge in [-0.1, -0.05) is 29.8 Å². The molecule has 0 aliphatic rings. The van der Waals surface area contributed by atoms with Gasteiger partial charge in [0.25, 0.3) is 10.0 Å². The van der Waals surface area contributed by atoms with Gasteiger partial charge in [-0.05, 0) is 60.7 Å². The monoisotopic (exact) mass is 400 g/mol. The minimum absolute atomic E-state index is 0.119. The molecule has 0 fully saturated rings. The topological polar surface area (TPSA) is 67.8 Å². The highest BCUT2D eigenvalue weighted by Gasteiger charge is 2.15. The molecule has 0 radical (unpaired) electrons. The van der Waals surface area contributed by atoms with Crippen molar-refractivity contribution in [2.45, 2.75) is 4.90 Å². The Kier molecular flexibility index (Phi) is 5.78. The van der Waals surface area contributed by atoms with Crippen LogP contribution in [0.3, 0.4) is 0 Å². The van der Waals surface area contributed by atoms with E-state index >= 15 is 0 Å². The Morgan fingerprint density at radius 3 is 2.15 bits per heavy atom. The van der Waals surface area contributed by atoms with Crippen LogP contribution in [-0.2, 0) is 10.0 Å². The fourth-order valence-corrected chi connectivity index (χ4v) is 3.46. The number of ether oxygens (including phenoxy) is 1. The lowest BCUT2D eigenvalue weighted by Gasteiger charge is -2.11. The Morgan fingerprint density at radius 1 is 0.926 bits per heavy atom. The highest BCUT2D eigenvalue weighted by molar-refractivity contribution is 7.90. The summed E-state index contributed by atoms with van der Waals surface area (Å²) in [6, 6.07) is 21.9. The molecule has 0 aliphatic heterocycles. The van der Waals surface area contributed by atoms with E-state index in [2.05, 4.69) is 9.71 Å². The summed E-state index contributed by atoms with van der Waals surface area (Å²) in [6.07, 6.45) is 0. The predicted octanol–water partition coefficient (Wildman–Crippen LogP) is 4.60. The van der Waals surface area contributed by atoms with E-state index in [1.54, 1.807) is 73.8 Å². The van der Waals surface area contributed by atoms with Gasteiger partial charge in [-0.3, -0.25) is 0 Å². The van der Waals surface area contributed by atoms with Crippen molar-refractivity contribution >= 4 is 33.1 Å². The van der Waals surface area contributed by atoms with Crippen molar-refractivity contribution in [3.63, 3.8) is 0 Å². The van der Waals surface area contributed by atoms with Crippen molar-refractivity contribution in [1.82, 2.24) is 0 Å². The first-order chi connectivity index (χ1) is 13.0. The number of sulfonamides is 1. The second-order valence-electron chi connectivity index (χ2n) is 5.59. The maximum absolute atomic E-state index is 12.7. The van der Waals surface area contributed by atoms with Crippen LogP contribution in [0.5, 0.6) is 5.75 Å². The van der Waals surface area contributed by atoms with Crippen LogP contribution >= 0.6 is 11.6 Å². The highest BCUT2D eigenvalue weighted by Crippen LogP contribution is 2.19. The third kappa shape index (κ3) is 4.87. The first-order valence-electron chi connectivity index (χ1n) is 8.05. The summed E-state index contributed by atoms with van der Waals surface area (Å²) >= 11 is 5.95. The van der Waals surface area contributed by atoms with Crippen LogP contribution in [0.1, 0.15) is 5.56 Å². The lowest BCUT2D eigenvalue weighted by atomic mass is 10.2. The van der Waals surface area contributed by atoms with Crippen LogP contribution in [-0.4, -0.2) is 21.4 Å². The molecule has 0 aromatic heterocycles. The molecule has 27 heavy (non-hydrogen) atoms. The summed E-state index contributed by atoms with van der Waals surface area (Å²) in [7, 11) is -2.30. The quantitative estimate of drug-likeness (QED) is 0.502. The number of hydrogen-bond donors (Lipinski definition) is 1. The summed E-state index contributed by atoms with van der Waals surface area (Å²) in [6.45, 7) is 0. The van der Waals surface area contributed by atoms with Gasteiger partial charge in [0.05, 0.1) is 12.0 Å². The smallest absolute Gasteiger partial charge is 0.284 e. The molecule has 0 atom stereocenters. The number of nitrogens with zero attached hydrogens (tertiary/aromatic N) is 1.